The summed E-state index contributed by atoms with van der Waals surface area (Å²) in [5.41, 5.74) is -0.734. The zero-order chi connectivity index (χ0) is 10.6. The van der Waals surface area contributed by atoms with Crippen molar-refractivity contribution < 1.29 is 9.90 Å². The van der Waals surface area contributed by atoms with Crippen LogP contribution >= 0.6 is 0 Å². The highest BCUT2D eigenvalue weighted by Crippen LogP contribution is 2.30. The SMILES string of the molecule is CNC(C)(CC1CCCCC1)C(=O)O. The molecule has 0 aromatic rings. The van der Waals surface area contributed by atoms with E-state index in [4.69, 9.17) is 5.11 Å². The van der Waals surface area contributed by atoms with Crippen molar-refractivity contribution >= 4 is 5.97 Å². The van der Waals surface area contributed by atoms with Crippen LogP contribution in [0, 0.1) is 5.92 Å². The third kappa shape index (κ3) is 2.71. The van der Waals surface area contributed by atoms with E-state index in [1.165, 1.54) is 32.1 Å². The molecule has 14 heavy (non-hydrogen) atoms. The summed E-state index contributed by atoms with van der Waals surface area (Å²) in [6.07, 6.45) is 7.02. The predicted octanol–water partition coefficient (Wildman–Crippen LogP) is 2.02. The maximum Gasteiger partial charge on any atom is 0.323 e. The fourth-order valence-corrected chi connectivity index (χ4v) is 2.26. The third-order valence-corrected chi connectivity index (χ3v) is 3.45. The van der Waals surface area contributed by atoms with Crippen LogP contribution < -0.4 is 5.32 Å². The van der Waals surface area contributed by atoms with Crippen molar-refractivity contribution in [2.45, 2.75) is 51.0 Å². The Kier molecular flexibility index (Phi) is 3.93. The molecule has 0 radical (unpaired) electrons. The molecule has 82 valence electrons. The Morgan fingerprint density at radius 1 is 1.43 bits per heavy atom. The topological polar surface area (TPSA) is 49.3 Å². The number of nitrogens with one attached hydrogen (secondary N) is 1. The van der Waals surface area contributed by atoms with E-state index < -0.39 is 11.5 Å². The number of hydrogen-bond donors (Lipinski definition) is 2. The largest absolute Gasteiger partial charge is 0.480 e. The van der Waals surface area contributed by atoms with Gasteiger partial charge in [-0.2, -0.15) is 0 Å². The van der Waals surface area contributed by atoms with Crippen LogP contribution in [0.2, 0.25) is 0 Å². The summed E-state index contributed by atoms with van der Waals surface area (Å²) in [4.78, 5) is 11.1. The van der Waals surface area contributed by atoms with Crippen molar-refractivity contribution in [2.24, 2.45) is 5.92 Å². The van der Waals surface area contributed by atoms with Gasteiger partial charge in [0.25, 0.3) is 0 Å². The molecule has 1 fully saturated rings. The molecule has 2 N–H and O–H groups in total. The van der Waals surface area contributed by atoms with Gasteiger partial charge in [0.15, 0.2) is 0 Å². The molecular weight excluding hydrogens is 178 g/mol. The maximum atomic E-state index is 11.1. The minimum absolute atomic E-state index is 0.595. The lowest BCUT2D eigenvalue weighted by atomic mass is 9.80. The number of carbonyl (C=O) groups is 1. The first kappa shape index (κ1) is 11.5. The van der Waals surface area contributed by atoms with Crippen molar-refractivity contribution in [1.82, 2.24) is 5.32 Å². The van der Waals surface area contributed by atoms with Gasteiger partial charge in [-0.1, -0.05) is 32.1 Å². The van der Waals surface area contributed by atoms with Crippen molar-refractivity contribution in [3.8, 4) is 0 Å². The van der Waals surface area contributed by atoms with Gasteiger partial charge in [-0.3, -0.25) is 4.79 Å². The molecule has 1 atom stereocenters. The fourth-order valence-electron chi connectivity index (χ4n) is 2.26. The van der Waals surface area contributed by atoms with Crippen LogP contribution in [0.5, 0.6) is 0 Å². The molecular formula is C11H21NO2. The Labute approximate surface area is 85.9 Å². The summed E-state index contributed by atoms with van der Waals surface area (Å²) in [6, 6.07) is 0. The molecule has 0 aromatic heterocycles. The Morgan fingerprint density at radius 3 is 2.43 bits per heavy atom. The third-order valence-electron chi connectivity index (χ3n) is 3.45. The molecule has 0 bridgehead atoms. The fraction of sp³-hybridized carbons (Fsp3) is 0.909. The van der Waals surface area contributed by atoms with Crippen LogP contribution in [0.1, 0.15) is 45.4 Å². The van der Waals surface area contributed by atoms with Gasteiger partial charge >= 0.3 is 5.97 Å². The quantitative estimate of drug-likeness (QED) is 0.728. The van der Waals surface area contributed by atoms with E-state index in [1.807, 2.05) is 0 Å². The molecule has 0 amide bonds. The first-order chi connectivity index (χ1) is 6.58. The Morgan fingerprint density at radius 2 is 2.00 bits per heavy atom. The highest BCUT2D eigenvalue weighted by molar-refractivity contribution is 5.78. The lowest BCUT2D eigenvalue weighted by Crippen LogP contribution is -2.49. The highest BCUT2D eigenvalue weighted by atomic mass is 16.4. The summed E-state index contributed by atoms with van der Waals surface area (Å²) in [6.45, 7) is 1.78. The average Bonchev–Trinajstić information content (AvgIpc) is 2.19. The summed E-state index contributed by atoms with van der Waals surface area (Å²) in [5.74, 6) is -0.136. The van der Waals surface area contributed by atoms with Crippen molar-refractivity contribution in [3.63, 3.8) is 0 Å². The van der Waals surface area contributed by atoms with E-state index in [9.17, 15) is 4.79 Å². The number of carboxylic acid groups (broad SMARTS) is 1. The van der Waals surface area contributed by atoms with Crippen molar-refractivity contribution in [3.05, 3.63) is 0 Å². The molecule has 3 heteroatoms. The normalized spacial score (nSPS) is 23.0. The Bertz CT molecular complexity index is 199. The van der Waals surface area contributed by atoms with Gasteiger partial charge in [-0.15, -0.1) is 0 Å². The highest BCUT2D eigenvalue weighted by Gasteiger charge is 2.34. The van der Waals surface area contributed by atoms with E-state index in [-0.39, 0.29) is 0 Å². The number of aliphatic carboxylic acids is 1. The molecule has 1 saturated carbocycles. The Hall–Kier alpha value is -0.570. The second-order valence-corrected chi connectivity index (χ2v) is 4.60. The molecule has 1 aliphatic carbocycles. The monoisotopic (exact) mass is 199 g/mol. The average molecular weight is 199 g/mol. The summed E-state index contributed by atoms with van der Waals surface area (Å²) < 4.78 is 0. The first-order valence-corrected chi connectivity index (χ1v) is 5.51. The van der Waals surface area contributed by atoms with Crippen LogP contribution in [-0.2, 0) is 4.79 Å². The molecule has 1 aliphatic rings. The van der Waals surface area contributed by atoms with Gasteiger partial charge in [-0.05, 0) is 26.3 Å². The number of likely N-dealkylation sites (N-methyl/N-ethyl adjacent to an activating group) is 1. The molecule has 0 spiro atoms. The van der Waals surface area contributed by atoms with E-state index in [1.54, 1.807) is 14.0 Å². The van der Waals surface area contributed by atoms with E-state index in [0.29, 0.717) is 5.92 Å². The van der Waals surface area contributed by atoms with Crippen LogP contribution in [0.15, 0.2) is 0 Å². The lowest BCUT2D eigenvalue weighted by Gasteiger charge is -2.31. The van der Waals surface area contributed by atoms with Crippen LogP contribution in [0.4, 0.5) is 0 Å². The predicted molar refractivity (Wildman–Crippen MR) is 56.3 cm³/mol. The molecule has 1 unspecified atom stereocenters. The minimum Gasteiger partial charge on any atom is -0.480 e. The van der Waals surface area contributed by atoms with E-state index in [0.717, 1.165) is 6.42 Å². The van der Waals surface area contributed by atoms with Crippen molar-refractivity contribution in [2.75, 3.05) is 7.05 Å². The van der Waals surface area contributed by atoms with Crippen molar-refractivity contribution in [1.29, 1.82) is 0 Å². The van der Waals surface area contributed by atoms with Gasteiger partial charge in [0.2, 0.25) is 0 Å². The summed E-state index contributed by atoms with van der Waals surface area (Å²) in [7, 11) is 1.73. The van der Waals surface area contributed by atoms with Gasteiger partial charge < -0.3 is 10.4 Å². The van der Waals surface area contributed by atoms with E-state index in [2.05, 4.69) is 5.32 Å². The molecule has 0 aromatic carbocycles. The standard InChI is InChI=1S/C11H21NO2/c1-11(12-2,10(13)14)8-9-6-4-3-5-7-9/h9,12H,3-8H2,1-2H3,(H,13,14). The van der Waals surface area contributed by atoms with Crippen LogP contribution in [-0.4, -0.2) is 23.7 Å². The zero-order valence-corrected chi connectivity index (χ0v) is 9.18. The Balaban J connectivity index is 2.50. The summed E-state index contributed by atoms with van der Waals surface area (Å²) >= 11 is 0. The number of rotatable bonds is 4. The number of carboxylic acids is 1. The molecule has 1 rings (SSSR count). The van der Waals surface area contributed by atoms with Gasteiger partial charge in [0.1, 0.15) is 5.54 Å². The smallest absolute Gasteiger partial charge is 0.323 e. The molecule has 0 heterocycles. The zero-order valence-electron chi connectivity index (χ0n) is 9.18. The van der Waals surface area contributed by atoms with Crippen LogP contribution in [0.25, 0.3) is 0 Å². The van der Waals surface area contributed by atoms with Gasteiger partial charge in [-0.25, -0.2) is 0 Å². The van der Waals surface area contributed by atoms with Gasteiger partial charge in [0, 0.05) is 0 Å². The lowest BCUT2D eigenvalue weighted by molar-refractivity contribution is -0.144. The minimum atomic E-state index is -0.734. The maximum absolute atomic E-state index is 11.1. The summed E-state index contributed by atoms with van der Waals surface area (Å²) in [5, 5.41) is 12.0. The van der Waals surface area contributed by atoms with Crippen LogP contribution in [0.3, 0.4) is 0 Å². The number of hydrogen-bond acceptors (Lipinski definition) is 2. The second kappa shape index (κ2) is 4.78. The second-order valence-electron chi connectivity index (χ2n) is 4.60. The van der Waals surface area contributed by atoms with E-state index >= 15 is 0 Å². The van der Waals surface area contributed by atoms with Gasteiger partial charge in [0.05, 0.1) is 0 Å². The molecule has 3 nitrogen and oxygen atoms in total. The first-order valence-electron chi connectivity index (χ1n) is 5.51. The molecule has 0 aliphatic heterocycles. The molecule has 0 saturated heterocycles.